The number of sulfone groups is 1. The maximum absolute atomic E-state index is 11.8. The lowest BCUT2D eigenvalue weighted by molar-refractivity contribution is 0.474. The van der Waals surface area contributed by atoms with Gasteiger partial charge in [0.15, 0.2) is 0 Å². The van der Waals surface area contributed by atoms with Crippen molar-refractivity contribution in [1.29, 1.82) is 0 Å². The highest BCUT2D eigenvalue weighted by molar-refractivity contribution is 7.95. The van der Waals surface area contributed by atoms with E-state index in [2.05, 4.69) is 0 Å². The van der Waals surface area contributed by atoms with Gasteiger partial charge in [-0.3, -0.25) is 0 Å². The monoisotopic (exact) mass is 239 g/mol. The normalized spacial score (nSPS) is 19.0. The molecule has 0 saturated carbocycles. The predicted octanol–water partition coefficient (Wildman–Crippen LogP) is 1.26. The molecule has 0 bridgehead atoms. The first-order valence-electron chi connectivity index (χ1n) is 4.95. The average Bonchev–Trinajstić information content (AvgIpc) is 2.37. The van der Waals surface area contributed by atoms with E-state index >= 15 is 0 Å². The summed E-state index contributed by atoms with van der Waals surface area (Å²) >= 11 is 0. The van der Waals surface area contributed by atoms with Gasteiger partial charge in [0.2, 0.25) is 9.84 Å². The fraction of sp³-hybridized carbons (Fsp3) is 0.273. The number of aromatic hydroxyl groups is 1. The van der Waals surface area contributed by atoms with Gasteiger partial charge in [0.25, 0.3) is 0 Å². The lowest BCUT2D eigenvalue weighted by atomic mass is 10.0. The molecule has 1 aromatic rings. The average molecular weight is 239 g/mol. The molecule has 16 heavy (non-hydrogen) atoms. The van der Waals surface area contributed by atoms with Gasteiger partial charge >= 0.3 is 0 Å². The van der Waals surface area contributed by atoms with Crippen molar-refractivity contribution in [3.63, 3.8) is 0 Å². The Labute approximate surface area is 94.3 Å². The van der Waals surface area contributed by atoms with Crippen LogP contribution in [0.25, 0.3) is 5.57 Å². The second kappa shape index (κ2) is 3.61. The van der Waals surface area contributed by atoms with Crippen LogP contribution in [0.4, 0.5) is 0 Å². The molecule has 1 atom stereocenters. The van der Waals surface area contributed by atoms with Crippen LogP contribution in [0, 0.1) is 0 Å². The summed E-state index contributed by atoms with van der Waals surface area (Å²) in [7, 11) is -3.35. The van der Waals surface area contributed by atoms with Gasteiger partial charge in [0.1, 0.15) is 5.75 Å². The maximum atomic E-state index is 11.8. The zero-order chi connectivity index (χ0) is 11.9. The summed E-state index contributed by atoms with van der Waals surface area (Å²) in [5, 5.41) is 10.6. The Morgan fingerprint density at radius 3 is 2.75 bits per heavy atom. The quantitative estimate of drug-likeness (QED) is 0.814. The van der Waals surface area contributed by atoms with Crippen LogP contribution in [0.1, 0.15) is 18.9 Å². The minimum absolute atomic E-state index is 0.0615. The Balaban J connectivity index is 2.57. The van der Waals surface area contributed by atoms with Crippen molar-refractivity contribution in [2.75, 3.05) is 0 Å². The standard InChI is InChI=1S/C11H13NO3S/c1-7(12)4-8-6-16(14,15)11-3-2-9(13)5-10(8)11/h2-3,5-7,13H,4,12H2,1H3. The second-order valence-corrected chi connectivity index (χ2v) is 5.82. The molecule has 0 radical (unpaired) electrons. The van der Waals surface area contributed by atoms with E-state index in [0.29, 0.717) is 17.6 Å². The molecule has 1 unspecified atom stereocenters. The van der Waals surface area contributed by atoms with Crippen LogP contribution < -0.4 is 5.73 Å². The molecule has 0 spiro atoms. The van der Waals surface area contributed by atoms with Gasteiger partial charge in [-0.05, 0) is 37.1 Å². The SMILES string of the molecule is CC(N)CC1=CS(=O)(=O)c2ccc(O)cc21. The largest absolute Gasteiger partial charge is 0.508 e. The van der Waals surface area contributed by atoms with E-state index in [1.54, 1.807) is 0 Å². The van der Waals surface area contributed by atoms with Crippen LogP contribution in [0.5, 0.6) is 5.75 Å². The highest BCUT2D eigenvalue weighted by atomic mass is 32.2. The minimum Gasteiger partial charge on any atom is -0.508 e. The molecule has 86 valence electrons. The Morgan fingerprint density at radius 2 is 2.12 bits per heavy atom. The third-order valence-electron chi connectivity index (χ3n) is 2.45. The number of nitrogens with two attached hydrogens (primary N) is 1. The van der Waals surface area contributed by atoms with Crippen LogP contribution >= 0.6 is 0 Å². The van der Waals surface area contributed by atoms with E-state index < -0.39 is 9.84 Å². The number of hydrogen-bond acceptors (Lipinski definition) is 4. The van der Waals surface area contributed by atoms with Gasteiger partial charge in [-0.2, -0.15) is 0 Å². The first-order chi connectivity index (χ1) is 7.40. The molecule has 1 aliphatic rings. The van der Waals surface area contributed by atoms with Crippen LogP contribution in [-0.4, -0.2) is 19.6 Å². The first-order valence-corrected chi connectivity index (χ1v) is 6.49. The van der Waals surface area contributed by atoms with Crippen molar-refractivity contribution in [3.8, 4) is 5.75 Å². The smallest absolute Gasteiger partial charge is 0.200 e. The zero-order valence-corrected chi connectivity index (χ0v) is 9.66. The van der Waals surface area contributed by atoms with Crippen molar-refractivity contribution in [2.24, 2.45) is 5.73 Å². The van der Waals surface area contributed by atoms with Crippen LogP contribution in [0.3, 0.4) is 0 Å². The van der Waals surface area contributed by atoms with Crippen LogP contribution in [-0.2, 0) is 9.84 Å². The predicted molar refractivity (Wildman–Crippen MR) is 61.5 cm³/mol. The molecule has 0 fully saturated rings. The molecule has 5 heteroatoms. The summed E-state index contributed by atoms with van der Waals surface area (Å²) in [6.07, 6.45) is 0.482. The Morgan fingerprint density at radius 1 is 1.44 bits per heavy atom. The van der Waals surface area contributed by atoms with Crippen molar-refractivity contribution >= 4 is 15.4 Å². The third-order valence-corrected chi connectivity index (χ3v) is 4.02. The molecule has 3 N–H and O–H groups in total. The van der Waals surface area contributed by atoms with E-state index in [9.17, 15) is 13.5 Å². The fourth-order valence-corrected chi connectivity index (χ4v) is 3.32. The molecule has 0 amide bonds. The minimum atomic E-state index is -3.35. The molecular formula is C11H13NO3S. The molecule has 0 aromatic heterocycles. The van der Waals surface area contributed by atoms with E-state index in [1.165, 1.54) is 23.6 Å². The number of rotatable bonds is 2. The van der Waals surface area contributed by atoms with Crippen LogP contribution in [0.2, 0.25) is 0 Å². The molecule has 1 aliphatic heterocycles. The topological polar surface area (TPSA) is 80.4 Å². The molecule has 1 heterocycles. The molecule has 0 aliphatic carbocycles. The van der Waals surface area contributed by atoms with E-state index in [4.69, 9.17) is 5.73 Å². The highest BCUT2D eigenvalue weighted by Gasteiger charge is 2.27. The first kappa shape index (κ1) is 11.2. The van der Waals surface area contributed by atoms with Crippen molar-refractivity contribution in [3.05, 3.63) is 29.2 Å². The Kier molecular flexibility index (Phi) is 2.52. The molecule has 1 aromatic carbocycles. The van der Waals surface area contributed by atoms with Crippen molar-refractivity contribution < 1.29 is 13.5 Å². The second-order valence-electron chi connectivity index (χ2n) is 4.05. The van der Waals surface area contributed by atoms with Crippen molar-refractivity contribution in [2.45, 2.75) is 24.3 Å². The Bertz CT molecular complexity index is 559. The van der Waals surface area contributed by atoms with E-state index in [1.807, 2.05) is 6.92 Å². The highest BCUT2D eigenvalue weighted by Crippen LogP contribution is 2.37. The number of phenolic OH excluding ortho intramolecular Hbond substituents is 1. The number of fused-ring (bicyclic) bond motifs is 1. The number of benzene rings is 1. The Hall–Kier alpha value is -1.33. The van der Waals surface area contributed by atoms with Crippen molar-refractivity contribution in [1.82, 2.24) is 0 Å². The lowest BCUT2D eigenvalue weighted by Gasteiger charge is -2.07. The van der Waals surface area contributed by atoms with Crippen LogP contribution in [0.15, 0.2) is 28.5 Å². The molecule has 4 nitrogen and oxygen atoms in total. The lowest BCUT2D eigenvalue weighted by Crippen LogP contribution is -2.14. The molecule has 0 saturated heterocycles. The van der Waals surface area contributed by atoms with Gasteiger partial charge in [-0.15, -0.1) is 0 Å². The number of hydrogen-bond donors (Lipinski definition) is 2. The van der Waals surface area contributed by atoms with Gasteiger partial charge in [0, 0.05) is 17.0 Å². The third kappa shape index (κ3) is 1.83. The summed E-state index contributed by atoms with van der Waals surface area (Å²) in [5.41, 5.74) is 6.89. The maximum Gasteiger partial charge on any atom is 0.200 e. The van der Waals surface area contributed by atoms with Gasteiger partial charge < -0.3 is 10.8 Å². The summed E-state index contributed by atoms with van der Waals surface area (Å²) in [5.74, 6) is 0.0615. The van der Waals surface area contributed by atoms with Gasteiger partial charge in [0.05, 0.1) is 4.90 Å². The fourth-order valence-electron chi connectivity index (χ4n) is 1.84. The molecular weight excluding hydrogens is 226 g/mol. The zero-order valence-electron chi connectivity index (χ0n) is 8.84. The summed E-state index contributed by atoms with van der Waals surface area (Å²) in [6.45, 7) is 1.81. The molecule has 2 rings (SSSR count). The summed E-state index contributed by atoms with van der Waals surface area (Å²) in [4.78, 5) is 0.251. The summed E-state index contributed by atoms with van der Waals surface area (Å²) in [6, 6.07) is 4.15. The number of phenols is 1. The van der Waals surface area contributed by atoms with E-state index in [0.717, 1.165) is 0 Å². The summed E-state index contributed by atoms with van der Waals surface area (Å²) < 4.78 is 23.5. The van der Waals surface area contributed by atoms with Gasteiger partial charge in [-0.1, -0.05) is 0 Å². The van der Waals surface area contributed by atoms with Gasteiger partial charge in [-0.25, -0.2) is 8.42 Å². The van der Waals surface area contributed by atoms with E-state index in [-0.39, 0.29) is 16.7 Å².